The number of ether oxygens (including phenoxy) is 3. The van der Waals surface area contributed by atoms with Crippen LogP contribution in [0.2, 0.25) is 0 Å². The molecule has 9 heteroatoms. The van der Waals surface area contributed by atoms with Gasteiger partial charge in [-0.1, -0.05) is 175 Å². The van der Waals surface area contributed by atoms with Crippen LogP contribution in [0.4, 0.5) is 0 Å². The number of aliphatic hydroxyl groups is 1. The molecule has 9 nitrogen and oxygen atoms in total. The quantitative estimate of drug-likeness (QED) is 0.0363. The van der Waals surface area contributed by atoms with Gasteiger partial charge in [-0.15, -0.1) is 0 Å². The zero-order chi connectivity index (χ0) is 44.5. The Morgan fingerprint density at radius 1 is 0.311 bits per heavy atom. The second-order valence-corrected chi connectivity index (χ2v) is 17.9. The van der Waals surface area contributed by atoms with E-state index in [0.717, 1.165) is 129 Å². The zero-order valence-electron chi connectivity index (χ0n) is 40.8. The lowest BCUT2D eigenvalue weighted by Gasteiger charge is -2.27. The topological polar surface area (TPSA) is 106 Å². The number of carbonyl (C=O) groups excluding carboxylic acids is 3. The van der Waals surface area contributed by atoms with Crippen LogP contribution in [0.1, 0.15) is 252 Å². The number of hydrogen-bond acceptors (Lipinski definition) is 9. The molecule has 0 saturated carbocycles. The molecule has 0 fully saturated rings. The molecule has 0 aliphatic rings. The maximum Gasteiger partial charge on any atom is 0.305 e. The molecule has 0 aliphatic carbocycles. The van der Waals surface area contributed by atoms with Crippen LogP contribution in [0.3, 0.4) is 0 Å². The van der Waals surface area contributed by atoms with E-state index < -0.39 is 0 Å². The molecular weight excluding hydrogens is 765 g/mol. The average Bonchev–Trinajstić information content (AvgIpc) is 3.25. The van der Waals surface area contributed by atoms with Gasteiger partial charge in [0.2, 0.25) is 0 Å². The predicted octanol–water partition coefficient (Wildman–Crippen LogP) is 13.3. The lowest BCUT2D eigenvalue weighted by Crippen LogP contribution is -2.38. The summed E-state index contributed by atoms with van der Waals surface area (Å²) in [7, 11) is 0. The SMILES string of the molecule is CCCCCCCCCCOC(=O)CCCCCN(CCO)CCN(CCCCCC(=O)OCCCCCCCCCC)CCCCCC(=O)OCCCCCCCCCC. The van der Waals surface area contributed by atoms with Crippen molar-refractivity contribution in [3.8, 4) is 0 Å². The monoisotopic (exact) mass is 867 g/mol. The minimum absolute atomic E-state index is 0.0635. The fourth-order valence-electron chi connectivity index (χ4n) is 7.92. The molecule has 1 N–H and O–H groups in total. The number of aliphatic hydroxyl groups excluding tert-OH is 1. The molecule has 61 heavy (non-hydrogen) atoms. The van der Waals surface area contributed by atoms with Gasteiger partial charge < -0.3 is 24.2 Å². The van der Waals surface area contributed by atoms with Crippen LogP contribution >= 0.6 is 0 Å². The normalized spacial score (nSPS) is 11.5. The Morgan fingerprint density at radius 3 is 0.836 bits per heavy atom. The molecule has 0 bridgehead atoms. The summed E-state index contributed by atoms with van der Waals surface area (Å²) < 4.78 is 16.5. The van der Waals surface area contributed by atoms with Crippen molar-refractivity contribution < 1.29 is 33.7 Å². The first kappa shape index (κ1) is 59.3. The Labute approximate surface area is 377 Å². The molecule has 0 heterocycles. The maximum atomic E-state index is 12.3. The van der Waals surface area contributed by atoms with E-state index in [1.54, 1.807) is 0 Å². The van der Waals surface area contributed by atoms with Gasteiger partial charge in [-0.3, -0.25) is 19.3 Å². The molecule has 0 unspecified atom stereocenters. The maximum absolute atomic E-state index is 12.3. The van der Waals surface area contributed by atoms with E-state index in [9.17, 15) is 19.5 Å². The third-order valence-corrected chi connectivity index (χ3v) is 12.0. The van der Waals surface area contributed by atoms with Crippen molar-refractivity contribution in [3.05, 3.63) is 0 Å². The number of esters is 3. The number of rotatable bonds is 50. The third-order valence-electron chi connectivity index (χ3n) is 12.0. The number of unbranched alkanes of at least 4 members (excludes halogenated alkanes) is 27. The van der Waals surface area contributed by atoms with Gasteiger partial charge in [-0.05, 0) is 77.4 Å². The van der Waals surface area contributed by atoms with Crippen LogP contribution in [0.15, 0.2) is 0 Å². The first-order chi connectivity index (χ1) is 30.0. The van der Waals surface area contributed by atoms with E-state index in [2.05, 4.69) is 30.6 Å². The molecule has 0 aromatic rings. The van der Waals surface area contributed by atoms with Crippen molar-refractivity contribution in [2.24, 2.45) is 0 Å². The van der Waals surface area contributed by atoms with E-state index in [1.165, 1.54) is 116 Å². The third kappa shape index (κ3) is 46.1. The van der Waals surface area contributed by atoms with Crippen LogP contribution in [0.25, 0.3) is 0 Å². The van der Waals surface area contributed by atoms with Crippen LogP contribution in [-0.2, 0) is 28.6 Å². The Morgan fingerprint density at radius 2 is 0.557 bits per heavy atom. The molecule has 0 rings (SSSR count). The van der Waals surface area contributed by atoms with Crippen LogP contribution < -0.4 is 0 Å². The van der Waals surface area contributed by atoms with Crippen molar-refractivity contribution in [1.82, 2.24) is 9.80 Å². The Hall–Kier alpha value is -1.71. The van der Waals surface area contributed by atoms with Gasteiger partial charge in [0.25, 0.3) is 0 Å². The van der Waals surface area contributed by atoms with Crippen LogP contribution in [0, 0.1) is 0 Å². The van der Waals surface area contributed by atoms with E-state index in [0.29, 0.717) is 45.6 Å². The summed E-state index contributed by atoms with van der Waals surface area (Å²) in [6.45, 7) is 13.8. The molecule has 0 spiro atoms. The lowest BCUT2D eigenvalue weighted by molar-refractivity contribution is -0.144. The second-order valence-electron chi connectivity index (χ2n) is 17.9. The highest BCUT2D eigenvalue weighted by atomic mass is 16.5. The minimum Gasteiger partial charge on any atom is -0.466 e. The van der Waals surface area contributed by atoms with E-state index in [-0.39, 0.29) is 24.5 Å². The molecule has 0 amide bonds. The van der Waals surface area contributed by atoms with Gasteiger partial charge in [-0.25, -0.2) is 0 Å². The fourth-order valence-corrected chi connectivity index (χ4v) is 7.92. The first-order valence-corrected chi connectivity index (χ1v) is 26.5. The van der Waals surface area contributed by atoms with Gasteiger partial charge >= 0.3 is 17.9 Å². The van der Waals surface area contributed by atoms with Crippen molar-refractivity contribution in [3.63, 3.8) is 0 Å². The molecule has 0 saturated heterocycles. The molecule has 0 aromatic heterocycles. The summed E-state index contributed by atoms with van der Waals surface area (Å²) in [6.07, 6.45) is 39.8. The fraction of sp³-hybridized carbons (Fsp3) is 0.942. The van der Waals surface area contributed by atoms with Crippen LogP contribution in [-0.4, -0.2) is 98.5 Å². The standard InChI is InChI=1S/C52H102N2O7/c1-4-7-10-13-16-19-22-34-47-59-50(56)37-28-25-31-40-53(41-32-26-29-38-51(57)60-48-35-23-20-17-14-11-8-5-2)43-44-54(45-46-55)42-33-27-30-39-52(58)61-49-36-24-21-18-15-12-9-6-3/h55H,4-49H2,1-3H3. The second kappa shape index (κ2) is 49.3. The Bertz CT molecular complexity index is 891. The Kier molecular flexibility index (Phi) is 47.9. The molecule has 0 radical (unpaired) electrons. The predicted molar refractivity (Wildman–Crippen MR) is 256 cm³/mol. The summed E-state index contributed by atoms with van der Waals surface area (Å²) in [5.41, 5.74) is 0. The van der Waals surface area contributed by atoms with Crippen LogP contribution in [0.5, 0.6) is 0 Å². The minimum atomic E-state index is -0.0720. The summed E-state index contributed by atoms with van der Waals surface area (Å²) in [5, 5.41) is 9.82. The van der Waals surface area contributed by atoms with Gasteiger partial charge in [0.1, 0.15) is 0 Å². The van der Waals surface area contributed by atoms with E-state index in [4.69, 9.17) is 14.2 Å². The zero-order valence-corrected chi connectivity index (χ0v) is 40.8. The van der Waals surface area contributed by atoms with Gasteiger partial charge in [-0.2, -0.15) is 0 Å². The van der Waals surface area contributed by atoms with Crippen molar-refractivity contribution >= 4 is 17.9 Å². The Balaban J connectivity index is 4.52. The van der Waals surface area contributed by atoms with E-state index in [1.807, 2.05) is 0 Å². The largest absolute Gasteiger partial charge is 0.466 e. The first-order valence-electron chi connectivity index (χ1n) is 26.5. The number of hydrogen-bond donors (Lipinski definition) is 1. The smallest absolute Gasteiger partial charge is 0.305 e. The average molecular weight is 867 g/mol. The highest BCUT2D eigenvalue weighted by Gasteiger charge is 2.12. The van der Waals surface area contributed by atoms with Gasteiger partial charge in [0.05, 0.1) is 26.4 Å². The summed E-state index contributed by atoms with van der Waals surface area (Å²) >= 11 is 0. The number of carbonyl (C=O) groups is 3. The number of nitrogens with zero attached hydrogens (tertiary/aromatic N) is 2. The van der Waals surface area contributed by atoms with Crippen molar-refractivity contribution in [2.45, 2.75) is 252 Å². The van der Waals surface area contributed by atoms with Gasteiger partial charge in [0.15, 0.2) is 0 Å². The summed E-state index contributed by atoms with van der Waals surface area (Å²) in [4.78, 5) is 41.8. The molecule has 0 aliphatic heterocycles. The summed E-state index contributed by atoms with van der Waals surface area (Å²) in [6, 6.07) is 0. The van der Waals surface area contributed by atoms with Crippen molar-refractivity contribution in [1.29, 1.82) is 0 Å². The molecule has 0 atom stereocenters. The molecule has 0 aromatic carbocycles. The lowest BCUT2D eigenvalue weighted by atomic mass is 10.1. The highest BCUT2D eigenvalue weighted by Crippen LogP contribution is 2.13. The molecular formula is C52H102N2O7. The van der Waals surface area contributed by atoms with Crippen molar-refractivity contribution in [2.75, 3.05) is 65.7 Å². The summed E-state index contributed by atoms with van der Waals surface area (Å²) in [5.74, 6) is -0.199. The molecule has 362 valence electrons. The van der Waals surface area contributed by atoms with E-state index >= 15 is 0 Å². The highest BCUT2D eigenvalue weighted by molar-refractivity contribution is 5.69. The van der Waals surface area contributed by atoms with Gasteiger partial charge in [0, 0.05) is 38.9 Å².